The summed E-state index contributed by atoms with van der Waals surface area (Å²) >= 11 is 4.19. The van der Waals surface area contributed by atoms with Crippen LogP contribution in [-0.4, -0.2) is 29.8 Å². The van der Waals surface area contributed by atoms with E-state index in [1.54, 1.807) is 0 Å². The monoisotopic (exact) mass is 145 g/mol. The van der Waals surface area contributed by atoms with Crippen molar-refractivity contribution < 1.29 is 0 Å². The van der Waals surface area contributed by atoms with Gasteiger partial charge in [-0.15, -0.1) is 0 Å². The lowest BCUT2D eigenvalue weighted by molar-refractivity contribution is 0.286. The van der Waals surface area contributed by atoms with E-state index in [1.165, 1.54) is 25.9 Å². The zero-order chi connectivity index (χ0) is 6.69. The average molecular weight is 145 g/mol. The van der Waals surface area contributed by atoms with E-state index in [0.717, 1.165) is 11.8 Å². The molecule has 0 radical (unpaired) electrons. The van der Waals surface area contributed by atoms with Crippen molar-refractivity contribution in [2.45, 2.75) is 25.8 Å². The molecule has 0 spiro atoms. The molecule has 0 aromatic rings. The largest absolute Gasteiger partial charge is 0.300 e. The van der Waals surface area contributed by atoms with Crippen LogP contribution >= 0.6 is 12.6 Å². The van der Waals surface area contributed by atoms with Crippen molar-refractivity contribution in [2.75, 3.05) is 18.8 Å². The standard InChI is InChI=1S/C7H15NS/c1-7-3-2-4-8(7)5-6-9/h7,9H,2-6H2,1H3. The van der Waals surface area contributed by atoms with Crippen molar-refractivity contribution >= 4 is 12.6 Å². The molecule has 1 aliphatic rings. The predicted octanol–water partition coefficient (Wildman–Crippen LogP) is 1.40. The van der Waals surface area contributed by atoms with Gasteiger partial charge in [-0.3, -0.25) is 4.90 Å². The van der Waals surface area contributed by atoms with Crippen LogP contribution in [0, 0.1) is 0 Å². The normalized spacial score (nSPS) is 29.3. The van der Waals surface area contributed by atoms with Gasteiger partial charge in [-0.25, -0.2) is 0 Å². The lowest BCUT2D eigenvalue weighted by Gasteiger charge is -2.18. The maximum atomic E-state index is 4.19. The van der Waals surface area contributed by atoms with Crippen LogP contribution < -0.4 is 0 Å². The molecule has 1 nitrogen and oxygen atoms in total. The van der Waals surface area contributed by atoms with Crippen LogP contribution in [0.25, 0.3) is 0 Å². The molecule has 0 saturated carbocycles. The molecule has 9 heavy (non-hydrogen) atoms. The Kier molecular flexibility index (Phi) is 2.86. The number of thiol groups is 1. The van der Waals surface area contributed by atoms with Crippen LogP contribution in [-0.2, 0) is 0 Å². The number of hydrogen-bond donors (Lipinski definition) is 1. The van der Waals surface area contributed by atoms with Crippen LogP contribution in [0.2, 0.25) is 0 Å². The highest BCUT2D eigenvalue weighted by atomic mass is 32.1. The van der Waals surface area contributed by atoms with E-state index in [2.05, 4.69) is 24.5 Å². The zero-order valence-electron chi connectivity index (χ0n) is 6.01. The summed E-state index contributed by atoms with van der Waals surface area (Å²) in [6.45, 7) is 4.77. The fraction of sp³-hybridized carbons (Fsp3) is 1.00. The minimum atomic E-state index is 0.817. The van der Waals surface area contributed by atoms with Gasteiger partial charge in [0.25, 0.3) is 0 Å². The highest BCUT2D eigenvalue weighted by Crippen LogP contribution is 2.15. The first kappa shape index (κ1) is 7.42. The lowest BCUT2D eigenvalue weighted by atomic mass is 10.2. The Bertz CT molecular complexity index is 85.0. The molecule has 1 heterocycles. The Morgan fingerprint density at radius 1 is 1.67 bits per heavy atom. The first-order valence-electron chi connectivity index (χ1n) is 3.69. The van der Waals surface area contributed by atoms with E-state index in [-0.39, 0.29) is 0 Å². The second kappa shape index (κ2) is 3.47. The molecule has 0 N–H and O–H groups in total. The quantitative estimate of drug-likeness (QED) is 0.575. The van der Waals surface area contributed by atoms with E-state index in [1.807, 2.05) is 0 Å². The predicted molar refractivity (Wildman–Crippen MR) is 44.1 cm³/mol. The Morgan fingerprint density at radius 2 is 2.44 bits per heavy atom. The molecule has 0 amide bonds. The Morgan fingerprint density at radius 3 is 2.89 bits per heavy atom. The summed E-state index contributed by atoms with van der Waals surface area (Å²) in [5, 5.41) is 0. The second-order valence-corrected chi connectivity index (χ2v) is 3.20. The molecule has 0 bridgehead atoms. The lowest BCUT2D eigenvalue weighted by Crippen LogP contribution is -2.28. The second-order valence-electron chi connectivity index (χ2n) is 2.75. The maximum absolute atomic E-state index is 4.19. The van der Waals surface area contributed by atoms with Gasteiger partial charge in [-0.2, -0.15) is 12.6 Å². The highest BCUT2D eigenvalue weighted by molar-refractivity contribution is 7.80. The SMILES string of the molecule is CC1CCCN1CCS. The van der Waals surface area contributed by atoms with Crippen molar-refractivity contribution in [3.63, 3.8) is 0 Å². The van der Waals surface area contributed by atoms with Gasteiger partial charge >= 0.3 is 0 Å². The number of nitrogens with zero attached hydrogens (tertiary/aromatic N) is 1. The van der Waals surface area contributed by atoms with Crippen LogP contribution in [0.1, 0.15) is 19.8 Å². The molecular weight excluding hydrogens is 130 g/mol. The molecule has 1 aliphatic heterocycles. The van der Waals surface area contributed by atoms with Gasteiger partial charge < -0.3 is 0 Å². The summed E-state index contributed by atoms with van der Waals surface area (Å²) in [5.41, 5.74) is 0. The van der Waals surface area contributed by atoms with Crippen molar-refractivity contribution in [1.82, 2.24) is 4.90 Å². The Hall–Kier alpha value is 0.310. The molecule has 1 rings (SSSR count). The van der Waals surface area contributed by atoms with E-state index in [4.69, 9.17) is 0 Å². The van der Waals surface area contributed by atoms with Gasteiger partial charge in [-0.05, 0) is 26.3 Å². The molecule has 0 aromatic heterocycles. The topological polar surface area (TPSA) is 3.24 Å². The Balaban J connectivity index is 2.22. The van der Waals surface area contributed by atoms with Crippen molar-refractivity contribution in [3.05, 3.63) is 0 Å². The van der Waals surface area contributed by atoms with Gasteiger partial charge in [0.05, 0.1) is 0 Å². The fourth-order valence-corrected chi connectivity index (χ4v) is 1.71. The first-order valence-corrected chi connectivity index (χ1v) is 4.32. The van der Waals surface area contributed by atoms with Crippen molar-refractivity contribution in [3.8, 4) is 0 Å². The van der Waals surface area contributed by atoms with Gasteiger partial charge in [0, 0.05) is 18.3 Å². The van der Waals surface area contributed by atoms with E-state index in [9.17, 15) is 0 Å². The van der Waals surface area contributed by atoms with Crippen molar-refractivity contribution in [1.29, 1.82) is 0 Å². The van der Waals surface area contributed by atoms with E-state index >= 15 is 0 Å². The van der Waals surface area contributed by atoms with Crippen LogP contribution in [0.4, 0.5) is 0 Å². The number of likely N-dealkylation sites (tertiary alicyclic amines) is 1. The molecule has 2 heteroatoms. The first-order chi connectivity index (χ1) is 4.34. The number of rotatable bonds is 2. The summed E-state index contributed by atoms with van der Waals surface area (Å²) in [5.74, 6) is 1.00. The summed E-state index contributed by atoms with van der Waals surface area (Å²) in [6, 6.07) is 0.817. The molecule has 1 saturated heterocycles. The highest BCUT2D eigenvalue weighted by Gasteiger charge is 2.18. The van der Waals surface area contributed by atoms with Crippen molar-refractivity contribution in [2.24, 2.45) is 0 Å². The zero-order valence-corrected chi connectivity index (χ0v) is 6.90. The third kappa shape index (κ3) is 1.87. The summed E-state index contributed by atoms with van der Waals surface area (Å²) in [4.78, 5) is 2.51. The molecule has 0 aliphatic carbocycles. The van der Waals surface area contributed by atoms with Gasteiger partial charge in [0.2, 0.25) is 0 Å². The fourth-order valence-electron chi connectivity index (χ4n) is 1.45. The average Bonchev–Trinajstić information content (AvgIpc) is 2.18. The van der Waals surface area contributed by atoms with Crippen LogP contribution in [0.5, 0.6) is 0 Å². The smallest absolute Gasteiger partial charge is 0.00727 e. The van der Waals surface area contributed by atoms with Gasteiger partial charge in [0.15, 0.2) is 0 Å². The third-order valence-corrected chi connectivity index (χ3v) is 2.28. The maximum Gasteiger partial charge on any atom is 0.00727 e. The summed E-state index contributed by atoms with van der Waals surface area (Å²) in [7, 11) is 0. The minimum absolute atomic E-state index is 0.817. The third-order valence-electron chi connectivity index (χ3n) is 2.08. The van der Waals surface area contributed by atoms with Gasteiger partial charge in [-0.1, -0.05) is 0 Å². The molecular formula is C7H15NS. The molecule has 54 valence electrons. The van der Waals surface area contributed by atoms with E-state index in [0.29, 0.717) is 0 Å². The summed E-state index contributed by atoms with van der Waals surface area (Å²) in [6.07, 6.45) is 2.77. The van der Waals surface area contributed by atoms with Crippen LogP contribution in [0.15, 0.2) is 0 Å². The molecule has 0 aromatic carbocycles. The molecule has 1 atom stereocenters. The molecule has 1 fully saturated rings. The van der Waals surface area contributed by atoms with Crippen LogP contribution in [0.3, 0.4) is 0 Å². The number of hydrogen-bond acceptors (Lipinski definition) is 2. The minimum Gasteiger partial charge on any atom is -0.300 e. The van der Waals surface area contributed by atoms with E-state index < -0.39 is 0 Å². The van der Waals surface area contributed by atoms with Gasteiger partial charge in [0.1, 0.15) is 0 Å². The molecule has 1 unspecified atom stereocenters. The Labute approximate surface area is 62.8 Å². The summed E-state index contributed by atoms with van der Waals surface area (Å²) < 4.78 is 0.